The number of carbonyl (C=O) groups excluding carboxylic acids is 1. The third-order valence-electron chi connectivity index (χ3n) is 5.15. The molecular formula is C19H25Cl2FN4O. The van der Waals surface area contributed by atoms with E-state index in [9.17, 15) is 9.18 Å². The molecule has 0 radical (unpaired) electrons. The summed E-state index contributed by atoms with van der Waals surface area (Å²) in [6.07, 6.45) is 4.89. The number of nitrogens with zero attached hydrogens (tertiary/aromatic N) is 2. The normalized spacial score (nSPS) is 16.4. The minimum Gasteiger partial charge on any atom is -0.353 e. The Labute approximate surface area is 170 Å². The third kappa shape index (κ3) is 4.45. The molecule has 0 unspecified atom stereocenters. The standard InChI is InChI=1S/C19H24ClFN4O.ClH/c1-18(2,15-5-4-14(21)12-16(15)20)13-23-17(26)19(6-9-22-10-7-19)25-11-3-8-24-25;/h3-5,8,11-12,22H,6-7,9-10,13H2,1-2H3,(H,23,26);1H. The average molecular weight is 415 g/mol. The van der Waals surface area contributed by atoms with Gasteiger partial charge >= 0.3 is 0 Å². The predicted molar refractivity (Wildman–Crippen MR) is 107 cm³/mol. The van der Waals surface area contributed by atoms with E-state index in [1.807, 2.05) is 26.1 Å². The van der Waals surface area contributed by atoms with Crippen molar-refractivity contribution >= 4 is 29.9 Å². The summed E-state index contributed by atoms with van der Waals surface area (Å²) in [6, 6.07) is 6.21. The van der Waals surface area contributed by atoms with Gasteiger partial charge in [0.2, 0.25) is 5.91 Å². The van der Waals surface area contributed by atoms with E-state index in [1.165, 1.54) is 12.1 Å². The van der Waals surface area contributed by atoms with Crippen LogP contribution in [0.5, 0.6) is 0 Å². The van der Waals surface area contributed by atoms with Gasteiger partial charge in [-0.25, -0.2) is 4.39 Å². The average Bonchev–Trinajstić information content (AvgIpc) is 3.15. The van der Waals surface area contributed by atoms with E-state index >= 15 is 0 Å². The van der Waals surface area contributed by atoms with Crippen LogP contribution in [0.4, 0.5) is 4.39 Å². The zero-order valence-electron chi connectivity index (χ0n) is 15.5. The van der Waals surface area contributed by atoms with Gasteiger partial charge in [0.25, 0.3) is 0 Å². The number of amides is 1. The van der Waals surface area contributed by atoms with Crippen molar-refractivity contribution in [3.05, 3.63) is 53.1 Å². The molecular weight excluding hydrogens is 390 g/mol. The Balaban J connectivity index is 0.00000261. The molecule has 3 rings (SSSR count). The minimum absolute atomic E-state index is 0. The molecule has 2 aromatic rings. The molecule has 0 atom stereocenters. The van der Waals surface area contributed by atoms with Gasteiger partial charge in [-0.3, -0.25) is 9.48 Å². The van der Waals surface area contributed by atoms with Crippen LogP contribution in [-0.4, -0.2) is 35.3 Å². The van der Waals surface area contributed by atoms with Gasteiger partial charge in [0.15, 0.2) is 0 Å². The lowest BCUT2D eigenvalue weighted by atomic mass is 9.83. The van der Waals surface area contributed by atoms with Crippen LogP contribution in [0, 0.1) is 5.82 Å². The van der Waals surface area contributed by atoms with Gasteiger partial charge in [-0.15, -0.1) is 12.4 Å². The summed E-state index contributed by atoms with van der Waals surface area (Å²) in [5.41, 5.74) is -0.310. The minimum atomic E-state index is -0.683. The zero-order chi connectivity index (χ0) is 18.8. The molecule has 1 aliphatic heterocycles. The Hall–Kier alpha value is -1.63. The highest BCUT2D eigenvalue weighted by Gasteiger charge is 2.42. The predicted octanol–water partition coefficient (Wildman–Crippen LogP) is 3.27. The number of hydrogen-bond acceptors (Lipinski definition) is 3. The Bertz CT molecular complexity index is 774. The van der Waals surface area contributed by atoms with Crippen molar-refractivity contribution in [2.24, 2.45) is 0 Å². The summed E-state index contributed by atoms with van der Waals surface area (Å²) in [5, 5.41) is 11.1. The van der Waals surface area contributed by atoms with E-state index in [1.54, 1.807) is 16.9 Å². The first kappa shape index (κ1) is 21.7. The molecule has 2 N–H and O–H groups in total. The molecule has 5 nitrogen and oxygen atoms in total. The number of benzene rings is 1. The second kappa shape index (κ2) is 8.59. The first-order chi connectivity index (χ1) is 12.3. The number of nitrogens with one attached hydrogen (secondary N) is 2. The van der Waals surface area contributed by atoms with Gasteiger partial charge in [-0.2, -0.15) is 5.10 Å². The van der Waals surface area contributed by atoms with Crippen molar-refractivity contribution in [2.45, 2.75) is 37.6 Å². The number of carbonyl (C=O) groups is 1. The van der Waals surface area contributed by atoms with E-state index in [0.29, 0.717) is 24.4 Å². The van der Waals surface area contributed by atoms with Crippen molar-refractivity contribution in [3.63, 3.8) is 0 Å². The molecule has 0 bridgehead atoms. The van der Waals surface area contributed by atoms with Crippen LogP contribution in [0.3, 0.4) is 0 Å². The number of piperidine rings is 1. The lowest BCUT2D eigenvalue weighted by molar-refractivity contribution is -0.132. The Morgan fingerprint density at radius 1 is 1.41 bits per heavy atom. The van der Waals surface area contributed by atoms with E-state index in [2.05, 4.69) is 15.7 Å². The maximum Gasteiger partial charge on any atom is 0.248 e. The fourth-order valence-corrected chi connectivity index (χ4v) is 3.94. The van der Waals surface area contributed by atoms with Crippen LogP contribution in [0.25, 0.3) is 0 Å². The summed E-state index contributed by atoms with van der Waals surface area (Å²) in [7, 11) is 0. The molecule has 1 aromatic heterocycles. The van der Waals surface area contributed by atoms with Crippen LogP contribution in [0.1, 0.15) is 32.3 Å². The van der Waals surface area contributed by atoms with Crippen LogP contribution in [-0.2, 0) is 15.7 Å². The molecule has 0 saturated carbocycles. The summed E-state index contributed by atoms with van der Waals surface area (Å²) in [4.78, 5) is 13.1. The zero-order valence-corrected chi connectivity index (χ0v) is 17.0. The topological polar surface area (TPSA) is 59.0 Å². The highest BCUT2D eigenvalue weighted by atomic mass is 35.5. The van der Waals surface area contributed by atoms with E-state index in [0.717, 1.165) is 18.7 Å². The molecule has 0 spiro atoms. The number of rotatable bonds is 5. The van der Waals surface area contributed by atoms with Crippen molar-refractivity contribution in [1.82, 2.24) is 20.4 Å². The molecule has 1 fully saturated rings. The first-order valence-corrected chi connectivity index (χ1v) is 9.18. The van der Waals surface area contributed by atoms with Crippen LogP contribution >= 0.6 is 24.0 Å². The molecule has 1 saturated heterocycles. The summed E-state index contributed by atoms with van der Waals surface area (Å²) < 4.78 is 15.1. The molecule has 27 heavy (non-hydrogen) atoms. The van der Waals surface area contributed by atoms with Gasteiger partial charge in [-0.1, -0.05) is 31.5 Å². The lowest BCUT2D eigenvalue weighted by Gasteiger charge is -2.37. The molecule has 0 aliphatic carbocycles. The van der Waals surface area contributed by atoms with Crippen LogP contribution in [0.15, 0.2) is 36.7 Å². The summed E-state index contributed by atoms with van der Waals surface area (Å²) >= 11 is 6.21. The molecule has 1 aromatic carbocycles. The van der Waals surface area contributed by atoms with Gasteiger partial charge < -0.3 is 10.6 Å². The quantitative estimate of drug-likeness (QED) is 0.788. The number of halogens is 3. The van der Waals surface area contributed by atoms with Crippen molar-refractivity contribution < 1.29 is 9.18 Å². The second-order valence-corrected chi connectivity index (χ2v) is 7.83. The molecule has 1 amide bonds. The fraction of sp³-hybridized carbons (Fsp3) is 0.474. The highest BCUT2D eigenvalue weighted by Crippen LogP contribution is 2.31. The monoisotopic (exact) mass is 414 g/mol. The Morgan fingerprint density at radius 3 is 2.70 bits per heavy atom. The SMILES string of the molecule is CC(C)(CNC(=O)C1(n2cccn2)CCNCC1)c1ccc(F)cc1Cl.Cl. The van der Waals surface area contributed by atoms with Crippen molar-refractivity contribution in [1.29, 1.82) is 0 Å². The molecule has 2 heterocycles. The second-order valence-electron chi connectivity index (χ2n) is 7.42. The smallest absolute Gasteiger partial charge is 0.248 e. The van der Waals surface area contributed by atoms with E-state index < -0.39 is 11.0 Å². The van der Waals surface area contributed by atoms with Gasteiger partial charge in [-0.05, 0) is 49.7 Å². The molecule has 148 valence electrons. The van der Waals surface area contributed by atoms with Gasteiger partial charge in [0.05, 0.1) is 0 Å². The van der Waals surface area contributed by atoms with Gasteiger partial charge in [0.1, 0.15) is 11.4 Å². The van der Waals surface area contributed by atoms with E-state index in [-0.39, 0.29) is 24.1 Å². The molecule has 1 aliphatic rings. The third-order valence-corrected chi connectivity index (χ3v) is 5.46. The van der Waals surface area contributed by atoms with Crippen LogP contribution < -0.4 is 10.6 Å². The number of hydrogen-bond donors (Lipinski definition) is 2. The van der Waals surface area contributed by atoms with Crippen LogP contribution in [0.2, 0.25) is 5.02 Å². The maximum atomic E-state index is 13.3. The summed E-state index contributed by atoms with van der Waals surface area (Å²) in [6.45, 7) is 5.89. The maximum absolute atomic E-state index is 13.3. The van der Waals surface area contributed by atoms with Crippen molar-refractivity contribution in [2.75, 3.05) is 19.6 Å². The lowest BCUT2D eigenvalue weighted by Crippen LogP contribution is -2.56. The molecule has 8 heteroatoms. The fourth-order valence-electron chi connectivity index (χ4n) is 3.52. The largest absolute Gasteiger partial charge is 0.353 e. The Morgan fingerprint density at radius 2 is 2.11 bits per heavy atom. The summed E-state index contributed by atoms with van der Waals surface area (Å²) in [5.74, 6) is -0.417. The number of aromatic nitrogens is 2. The van der Waals surface area contributed by atoms with Crippen molar-refractivity contribution in [3.8, 4) is 0 Å². The van der Waals surface area contributed by atoms with Gasteiger partial charge in [0, 0.05) is 29.4 Å². The first-order valence-electron chi connectivity index (χ1n) is 8.80. The van der Waals surface area contributed by atoms with E-state index in [4.69, 9.17) is 11.6 Å². The Kier molecular flexibility index (Phi) is 6.89. The highest BCUT2D eigenvalue weighted by molar-refractivity contribution is 6.31.